The maximum absolute atomic E-state index is 12.7. The molecule has 0 fully saturated rings. The molecular formula is C20H18N2O5. The van der Waals surface area contributed by atoms with Gasteiger partial charge >= 0.3 is 5.63 Å². The normalized spacial score (nSPS) is 15.4. The Morgan fingerprint density at radius 2 is 1.81 bits per heavy atom. The highest BCUT2D eigenvalue weighted by Gasteiger charge is 2.29. The van der Waals surface area contributed by atoms with Crippen LogP contribution in [0.2, 0.25) is 0 Å². The Morgan fingerprint density at radius 3 is 2.63 bits per heavy atom. The standard InChI is InChI=1S/C20H18N2O5/c1-2-21-17-12-7-3-4-8-13(12)27-20(24)18(17)22-19(23)16-11-25-14-9-5-6-10-15(14)26-16/h3-10,16,21H,2,11H2,1H3,(H,22,23)/t16-/m0/s1. The third-order valence-corrected chi connectivity index (χ3v) is 4.22. The maximum atomic E-state index is 12.7. The molecule has 27 heavy (non-hydrogen) atoms. The molecule has 2 aromatic carbocycles. The van der Waals surface area contributed by atoms with Crippen LogP contribution in [0.1, 0.15) is 6.92 Å². The summed E-state index contributed by atoms with van der Waals surface area (Å²) in [6.45, 7) is 2.54. The van der Waals surface area contributed by atoms with E-state index >= 15 is 0 Å². The van der Waals surface area contributed by atoms with Crippen molar-refractivity contribution in [3.63, 3.8) is 0 Å². The fraction of sp³-hybridized carbons (Fsp3) is 0.200. The van der Waals surface area contributed by atoms with Crippen LogP contribution in [-0.4, -0.2) is 25.2 Å². The van der Waals surface area contributed by atoms with Crippen LogP contribution in [0.5, 0.6) is 11.5 Å². The van der Waals surface area contributed by atoms with Gasteiger partial charge in [0, 0.05) is 11.9 Å². The first kappa shape index (κ1) is 17.0. The van der Waals surface area contributed by atoms with E-state index in [1.165, 1.54) is 0 Å². The second kappa shape index (κ2) is 7.03. The monoisotopic (exact) mass is 366 g/mol. The number of hydrogen-bond donors (Lipinski definition) is 2. The van der Waals surface area contributed by atoms with Crippen LogP contribution in [0.3, 0.4) is 0 Å². The van der Waals surface area contributed by atoms with Gasteiger partial charge in [-0.2, -0.15) is 0 Å². The zero-order chi connectivity index (χ0) is 18.8. The summed E-state index contributed by atoms with van der Waals surface area (Å²) in [5.41, 5.74) is 0.399. The Bertz CT molecular complexity index is 1060. The predicted molar refractivity (Wildman–Crippen MR) is 102 cm³/mol. The van der Waals surface area contributed by atoms with E-state index in [9.17, 15) is 9.59 Å². The van der Waals surface area contributed by atoms with Crippen molar-refractivity contribution in [3.8, 4) is 11.5 Å². The van der Waals surface area contributed by atoms with Gasteiger partial charge in [0.1, 0.15) is 12.2 Å². The van der Waals surface area contributed by atoms with Gasteiger partial charge in [-0.05, 0) is 31.2 Å². The molecule has 0 bridgehead atoms. The summed E-state index contributed by atoms with van der Waals surface area (Å²) in [7, 11) is 0. The number of nitrogens with one attached hydrogen (secondary N) is 2. The maximum Gasteiger partial charge on any atom is 0.362 e. The molecule has 1 aliphatic heterocycles. The number of para-hydroxylation sites is 3. The fourth-order valence-corrected chi connectivity index (χ4v) is 2.98. The molecule has 7 nitrogen and oxygen atoms in total. The van der Waals surface area contributed by atoms with Crippen LogP contribution in [0.25, 0.3) is 11.0 Å². The lowest BCUT2D eigenvalue weighted by molar-refractivity contribution is -0.125. The largest absolute Gasteiger partial charge is 0.485 e. The molecular weight excluding hydrogens is 348 g/mol. The Balaban J connectivity index is 1.65. The molecule has 1 aliphatic rings. The third kappa shape index (κ3) is 3.19. The van der Waals surface area contributed by atoms with Gasteiger partial charge in [-0.3, -0.25) is 4.79 Å². The first-order valence-corrected chi connectivity index (χ1v) is 8.66. The van der Waals surface area contributed by atoms with E-state index < -0.39 is 17.6 Å². The van der Waals surface area contributed by atoms with Crippen molar-refractivity contribution in [1.82, 2.24) is 0 Å². The molecule has 1 atom stereocenters. The smallest absolute Gasteiger partial charge is 0.362 e. The van der Waals surface area contributed by atoms with Crippen LogP contribution in [0.15, 0.2) is 57.7 Å². The van der Waals surface area contributed by atoms with Crippen LogP contribution in [-0.2, 0) is 4.79 Å². The molecule has 0 aliphatic carbocycles. The van der Waals surface area contributed by atoms with Crippen LogP contribution >= 0.6 is 0 Å². The summed E-state index contributed by atoms with van der Waals surface area (Å²) in [5, 5.41) is 6.49. The SMILES string of the molecule is CCNc1c(NC(=O)[C@@H]2COc3ccccc3O2)c(=O)oc2ccccc12. The molecule has 2 N–H and O–H groups in total. The number of carbonyl (C=O) groups is 1. The van der Waals surface area contributed by atoms with Crippen molar-refractivity contribution in [1.29, 1.82) is 0 Å². The number of anilines is 2. The van der Waals surface area contributed by atoms with Crippen LogP contribution in [0, 0.1) is 0 Å². The molecule has 0 unspecified atom stereocenters. The van der Waals surface area contributed by atoms with Gasteiger partial charge in [0.05, 0.1) is 5.69 Å². The Morgan fingerprint density at radius 1 is 1.07 bits per heavy atom. The van der Waals surface area contributed by atoms with Crippen molar-refractivity contribution in [2.24, 2.45) is 0 Å². The molecule has 4 rings (SSSR count). The van der Waals surface area contributed by atoms with E-state index in [1.54, 1.807) is 30.3 Å². The van der Waals surface area contributed by atoms with Gasteiger partial charge < -0.3 is 24.5 Å². The lowest BCUT2D eigenvalue weighted by Gasteiger charge is -2.25. The van der Waals surface area contributed by atoms with Crippen molar-refractivity contribution >= 4 is 28.3 Å². The first-order chi connectivity index (χ1) is 13.2. The molecule has 1 amide bonds. The van der Waals surface area contributed by atoms with E-state index in [4.69, 9.17) is 13.9 Å². The van der Waals surface area contributed by atoms with Crippen LogP contribution in [0.4, 0.5) is 11.4 Å². The van der Waals surface area contributed by atoms with E-state index in [0.717, 1.165) is 0 Å². The number of hydrogen-bond acceptors (Lipinski definition) is 6. The minimum absolute atomic E-state index is 0.0539. The lowest BCUT2D eigenvalue weighted by atomic mass is 10.1. The van der Waals surface area contributed by atoms with Gasteiger partial charge in [-0.25, -0.2) is 4.79 Å². The van der Waals surface area contributed by atoms with Crippen molar-refractivity contribution in [3.05, 3.63) is 59.0 Å². The Hall–Kier alpha value is -3.48. The number of rotatable bonds is 4. The quantitative estimate of drug-likeness (QED) is 0.690. The van der Waals surface area contributed by atoms with Crippen molar-refractivity contribution in [2.75, 3.05) is 23.8 Å². The summed E-state index contributed by atoms with van der Waals surface area (Å²) >= 11 is 0. The van der Waals surface area contributed by atoms with Gasteiger partial charge in [-0.1, -0.05) is 24.3 Å². The average molecular weight is 366 g/mol. The third-order valence-electron chi connectivity index (χ3n) is 4.22. The molecule has 138 valence electrons. The number of ether oxygens (including phenoxy) is 2. The van der Waals surface area contributed by atoms with E-state index in [2.05, 4.69) is 10.6 Å². The lowest BCUT2D eigenvalue weighted by Crippen LogP contribution is -2.41. The molecule has 7 heteroatoms. The molecule has 1 aromatic heterocycles. The molecule has 0 radical (unpaired) electrons. The average Bonchev–Trinajstić information content (AvgIpc) is 2.70. The first-order valence-electron chi connectivity index (χ1n) is 8.66. The molecule has 0 saturated carbocycles. The summed E-state index contributed by atoms with van der Waals surface area (Å²) in [5.74, 6) is 0.590. The number of benzene rings is 2. The van der Waals surface area contributed by atoms with E-state index in [1.807, 2.05) is 25.1 Å². The molecule has 2 heterocycles. The zero-order valence-electron chi connectivity index (χ0n) is 14.7. The van der Waals surface area contributed by atoms with E-state index in [-0.39, 0.29) is 12.3 Å². The topological polar surface area (TPSA) is 89.8 Å². The van der Waals surface area contributed by atoms with Crippen LogP contribution < -0.4 is 25.7 Å². The molecule has 0 spiro atoms. The van der Waals surface area contributed by atoms with Crippen molar-refractivity contribution < 1.29 is 18.7 Å². The minimum atomic E-state index is -0.875. The Kier molecular flexibility index (Phi) is 4.42. The van der Waals surface area contributed by atoms with Gasteiger partial charge in [-0.15, -0.1) is 0 Å². The summed E-state index contributed by atoms with van der Waals surface area (Å²) < 4.78 is 16.6. The Labute approximate surface area is 154 Å². The zero-order valence-corrected chi connectivity index (χ0v) is 14.7. The summed E-state index contributed by atoms with van der Waals surface area (Å²) in [4.78, 5) is 25.1. The molecule has 0 saturated heterocycles. The van der Waals surface area contributed by atoms with Gasteiger partial charge in [0.2, 0.25) is 6.10 Å². The highest BCUT2D eigenvalue weighted by atomic mass is 16.6. The number of fused-ring (bicyclic) bond motifs is 2. The second-order valence-corrected chi connectivity index (χ2v) is 6.02. The second-order valence-electron chi connectivity index (χ2n) is 6.02. The predicted octanol–water partition coefficient (Wildman–Crippen LogP) is 3.00. The fourth-order valence-electron chi connectivity index (χ4n) is 2.98. The van der Waals surface area contributed by atoms with Crippen molar-refractivity contribution in [2.45, 2.75) is 13.0 Å². The minimum Gasteiger partial charge on any atom is -0.485 e. The van der Waals surface area contributed by atoms with Gasteiger partial charge in [0.15, 0.2) is 17.2 Å². The van der Waals surface area contributed by atoms with Gasteiger partial charge in [0.25, 0.3) is 5.91 Å². The molecule has 3 aromatic rings. The number of carbonyl (C=O) groups excluding carboxylic acids is 1. The highest BCUT2D eigenvalue weighted by Crippen LogP contribution is 2.32. The highest BCUT2D eigenvalue weighted by molar-refractivity contribution is 6.03. The summed E-state index contributed by atoms with van der Waals surface area (Å²) in [6, 6.07) is 14.3. The van der Waals surface area contributed by atoms with E-state index in [0.29, 0.717) is 34.7 Å². The number of amides is 1. The summed E-state index contributed by atoms with van der Waals surface area (Å²) in [6.07, 6.45) is -0.875.